The van der Waals surface area contributed by atoms with Crippen molar-refractivity contribution < 1.29 is 0 Å². The van der Waals surface area contributed by atoms with Crippen LogP contribution in [0.1, 0.15) is 52.6 Å². The van der Waals surface area contributed by atoms with E-state index in [4.69, 9.17) is 0 Å². The molecule has 0 saturated heterocycles. The number of benzene rings is 2. The minimum atomic E-state index is 0.508. The Morgan fingerprint density at radius 2 is 1.65 bits per heavy atom. The van der Waals surface area contributed by atoms with Crippen LogP contribution in [0.2, 0.25) is 0 Å². The van der Waals surface area contributed by atoms with E-state index in [1.807, 2.05) is 0 Å². The van der Waals surface area contributed by atoms with Gasteiger partial charge in [0.25, 0.3) is 0 Å². The molecule has 0 heterocycles. The molecule has 1 aliphatic rings. The Hall–Kier alpha value is -1.60. The summed E-state index contributed by atoms with van der Waals surface area (Å²) in [5, 5.41) is 3.45. The zero-order valence-corrected chi connectivity index (χ0v) is 12.6. The first-order chi connectivity index (χ1) is 9.70. The molecular weight excluding hydrogens is 242 g/mol. The number of fused-ring (bicyclic) bond motifs is 1. The van der Waals surface area contributed by atoms with Gasteiger partial charge in [0.2, 0.25) is 0 Å². The maximum atomic E-state index is 3.45. The standard InChI is InChI=1S/C19H23N/c1-13-8-9-15(12-14(13)2)16-10-11-19(20-3)18-7-5-4-6-17(16)18/h4-9,12,16,19-20H,10-11H2,1-3H3. The van der Waals surface area contributed by atoms with Gasteiger partial charge in [-0.3, -0.25) is 0 Å². The second kappa shape index (κ2) is 5.41. The highest BCUT2D eigenvalue weighted by Crippen LogP contribution is 2.41. The molecule has 1 heteroatoms. The summed E-state index contributed by atoms with van der Waals surface area (Å²) in [5.74, 6) is 0.551. The maximum absolute atomic E-state index is 3.45. The zero-order chi connectivity index (χ0) is 14.1. The summed E-state index contributed by atoms with van der Waals surface area (Å²) in [6.45, 7) is 4.40. The molecule has 1 aliphatic carbocycles. The van der Waals surface area contributed by atoms with Crippen molar-refractivity contribution in [2.24, 2.45) is 0 Å². The van der Waals surface area contributed by atoms with Gasteiger partial charge in [-0.25, -0.2) is 0 Å². The van der Waals surface area contributed by atoms with E-state index in [9.17, 15) is 0 Å². The summed E-state index contributed by atoms with van der Waals surface area (Å²) in [4.78, 5) is 0. The lowest BCUT2D eigenvalue weighted by Gasteiger charge is -2.32. The molecule has 0 bridgehead atoms. The van der Waals surface area contributed by atoms with Gasteiger partial charge in [0.15, 0.2) is 0 Å². The molecule has 2 aromatic rings. The van der Waals surface area contributed by atoms with Crippen molar-refractivity contribution >= 4 is 0 Å². The SMILES string of the molecule is CNC1CCC(c2ccc(C)c(C)c2)c2ccccc21. The fraction of sp³-hybridized carbons (Fsp3) is 0.368. The van der Waals surface area contributed by atoms with Crippen LogP contribution in [0.25, 0.3) is 0 Å². The normalized spacial score (nSPS) is 21.6. The summed E-state index contributed by atoms with van der Waals surface area (Å²) < 4.78 is 0. The lowest BCUT2D eigenvalue weighted by molar-refractivity contribution is 0.471. The fourth-order valence-electron chi connectivity index (χ4n) is 3.42. The minimum Gasteiger partial charge on any atom is -0.313 e. The number of hydrogen-bond acceptors (Lipinski definition) is 1. The largest absolute Gasteiger partial charge is 0.313 e. The Morgan fingerprint density at radius 1 is 0.900 bits per heavy atom. The van der Waals surface area contributed by atoms with Crippen LogP contribution in [0, 0.1) is 13.8 Å². The number of rotatable bonds is 2. The summed E-state index contributed by atoms with van der Waals surface area (Å²) >= 11 is 0. The summed E-state index contributed by atoms with van der Waals surface area (Å²) in [6.07, 6.45) is 2.44. The van der Waals surface area contributed by atoms with E-state index in [2.05, 4.69) is 68.7 Å². The first-order valence-electron chi connectivity index (χ1n) is 7.54. The summed E-state index contributed by atoms with van der Waals surface area (Å²) in [5.41, 5.74) is 7.22. The highest BCUT2D eigenvalue weighted by atomic mass is 14.9. The van der Waals surface area contributed by atoms with Crippen LogP contribution in [-0.2, 0) is 0 Å². The third-order valence-electron chi connectivity index (χ3n) is 4.77. The van der Waals surface area contributed by atoms with Crippen molar-refractivity contribution in [3.8, 4) is 0 Å². The smallest absolute Gasteiger partial charge is 0.0320 e. The molecule has 0 saturated carbocycles. The summed E-state index contributed by atoms with van der Waals surface area (Å²) in [7, 11) is 2.07. The van der Waals surface area contributed by atoms with Crippen molar-refractivity contribution in [1.82, 2.24) is 5.32 Å². The van der Waals surface area contributed by atoms with Gasteiger partial charge in [-0.2, -0.15) is 0 Å². The summed E-state index contributed by atoms with van der Waals surface area (Å²) in [6, 6.07) is 16.4. The van der Waals surface area contributed by atoms with Gasteiger partial charge in [0.05, 0.1) is 0 Å². The van der Waals surface area contributed by atoms with Crippen molar-refractivity contribution in [3.05, 3.63) is 70.3 Å². The molecule has 0 aliphatic heterocycles. The Morgan fingerprint density at radius 3 is 2.35 bits per heavy atom. The van der Waals surface area contributed by atoms with E-state index in [1.165, 1.54) is 40.7 Å². The van der Waals surface area contributed by atoms with E-state index < -0.39 is 0 Å². The maximum Gasteiger partial charge on any atom is 0.0320 e. The highest BCUT2D eigenvalue weighted by molar-refractivity contribution is 5.43. The molecular formula is C19H23N. The van der Waals surface area contributed by atoms with Crippen LogP contribution in [0.5, 0.6) is 0 Å². The van der Waals surface area contributed by atoms with Crippen LogP contribution in [-0.4, -0.2) is 7.05 Å². The van der Waals surface area contributed by atoms with Gasteiger partial charge >= 0.3 is 0 Å². The van der Waals surface area contributed by atoms with Crippen molar-refractivity contribution in [2.45, 2.75) is 38.6 Å². The van der Waals surface area contributed by atoms with Gasteiger partial charge in [0.1, 0.15) is 0 Å². The van der Waals surface area contributed by atoms with Crippen LogP contribution in [0.3, 0.4) is 0 Å². The number of aryl methyl sites for hydroxylation is 2. The minimum absolute atomic E-state index is 0.508. The van der Waals surface area contributed by atoms with Crippen LogP contribution >= 0.6 is 0 Å². The average molecular weight is 265 g/mol. The highest BCUT2D eigenvalue weighted by Gasteiger charge is 2.26. The molecule has 0 aromatic heterocycles. The molecule has 1 N–H and O–H groups in total. The van der Waals surface area contributed by atoms with Gasteiger partial charge in [-0.15, -0.1) is 0 Å². The first-order valence-corrected chi connectivity index (χ1v) is 7.54. The Labute approximate surface area is 122 Å². The lowest BCUT2D eigenvalue weighted by Crippen LogP contribution is -2.24. The Bertz CT molecular complexity index is 615. The van der Waals surface area contributed by atoms with Crippen molar-refractivity contribution in [2.75, 3.05) is 7.05 Å². The predicted molar refractivity (Wildman–Crippen MR) is 85.2 cm³/mol. The molecule has 0 radical (unpaired) electrons. The number of nitrogens with one attached hydrogen (secondary N) is 1. The van der Waals surface area contributed by atoms with E-state index in [0.717, 1.165) is 0 Å². The lowest BCUT2D eigenvalue weighted by atomic mass is 9.76. The van der Waals surface area contributed by atoms with Crippen molar-refractivity contribution in [1.29, 1.82) is 0 Å². The van der Waals surface area contributed by atoms with Gasteiger partial charge < -0.3 is 5.32 Å². The number of hydrogen-bond donors (Lipinski definition) is 1. The fourth-order valence-corrected chi connectivity index (χ4v) is 3.42. The van der Waals surface area contributed by atoms with E-state index in [0.29, 0.717) is 12.0 Å². The molecule has 2 aromatic carbocycles. The van der Waals surface area contributed by atoms with E-state index in [1.54, 1.807) is 0 Å². The first kappa shape index (κ1) is 13.4. The second-order valence-corrected chi connectivity index (χ2v) is 5.94. The predicted octanol–water partition coefficient (Wildman–Crippen LogP) is 4.49. The topological polar surface area (TPSA) is 12.0 Å². The van der Waals surface area contributed by atoms with E-state index in [-0.39, 0.29) is 0 Å². The van der Waals surface area contributed by atoms with Crippen molar-refractivity contribution in [3.63, 3.8) is 0 Å². The molecule has 2 unspecified atom stereocenters. The zero-order valence-electron chi connectivity index (χ0n) is 12.6. The van der Waals surface area contributed by atoms with Gasteiger partial charge in [-0.05, 0) is 61.6 Å². The quantitative estimate of drug-likeness (QED) is 0.843. The molecule has 0 fully saturated rings. The second-order valence-electron chi connectivity index (χ2n) is 5.94. The van der Waals surface area contributed by atoms with E-state index >= 15 is 0 Å². The Kier molecular flexibility index (Phi) is 3.62. The molecule has 3 rings (SSSR count). The van der Waals surface area contributed by atoms with Gasteiger partial charge in [0, 0.05) is 12.0 Å². The average Bonchev–Trinajstić information content (AvgIpc) is 2.49. The molecule has 0 amide bonds. The monoisotopic (exact) mass is 265 g/mol. The van der Waals surface area contributed by atoms with Crippen LogP contribution in [0.15, 0.2) is 42.5 Å². The van der Waals surface area contributed by atoms with Crippen LogP contribution in [0.4, 0.5) is 0 Å². The molecule has 2 atom stereocenters. The van der Waals surface area contributed by atoms with Gasteiger partial charge in [-0.1, -0.05) is 42.5 Å². The molecule has 104 valence electrons. The third kappa shape index (κ3) is 2.27. The van der Waals surface area contributed by atoms with Crippen LogP contribution < -0.4 is 5.32 Å². The third-order valence-corrected chi connectivity index (χ3v) is 4.77. The molecule has 20 heavy (non-hydrogen) atoms. The Balaban J connectivity index is 2.05. The molecule has 0 spiro atoms. The molecule has 1 nitrogen and oxygen atoms in total.